The van der Waals surface area contributed by atoms with Crippen molar-refractivity contribution in [3.05, 3.63) is 35.2 Å². The van der Waals surface area contributed by atoms with Crippen molar-refractivity contribution in [3.8, 4) is 0 Å². The van der Waals surface area contributed by atoms with Crippen LogP contribution in [0.5, 0.6) is 0 Å². The van der Waals surface area contributed by atoms with Crippen LogP contribution in [0.1, 0.15) is 18.2 Å². The molecule has 4 heteroatoms. The SMILES string of the molecule is C=CC[C@@H](N)c1ccc(Br)o1.Cl. The molecule has 1 heterocycles. The van der Waals surface area contributed by atoms with Crippen molar-refractivity contribution in [2.24, 2.45) is 5.73 Å². The van der Waals surface area contributed by atoms with Gasteiger partial charge in [0.25, 0.3) is 0 Å². The predicted octanol–water partition coefficient (Wildman–Crippen LogP) is 3.04. The summed E-state index contributed by atoms with van der Waals surface area (Å²) in [6.45, 7) is 3.60. The molecular formula is C8H11BrClNO. The van der Waals surface area contributed by atoms with E-state index in [9.17, 15) is 0 Å². The maximum atomic E-state index is 5.73. The van der Waals surface area contributed by atoms with Gasteiger partial charge in [-0.05, 0) is 34.5 Å². The van der Waals surface area contributed by atoms with Crippen molar-refractivity contribution in [2.45, 2.75) is 12.5 Å². The van der Waals surface area contributed by atoms with E-state index in [1.165, 1.54) is 0 Å². The van der Waals surface area contributed by atoms with Crippen LogP contribution in [0.3, 0.4) is 0 Å². The minimum atomic E-state index is -0.0706. The monoisotopic (exact) mass is 251 g/mol. The second-order valence-corrected chi connectivity index (χ2v) is 3.05. The number of halogens is 2. The number of hydrogen-bond acceptors (Lipinski definition) is 2. The molecule has 2 N–H and O–H groups in total. The minimum absolute atomic E-state index is 0. The molecule has 0 saturated carbocycles. The normalized spacial score (nSPS) is 11.8. The third-order valence-corrected chi connectivity index (χ3v) is 1.81. The number of nitrogens with two attached hydrogens (primary N) is 1. The molecule has 0 unspecified atom stereocenters. The first-order valence-electron chi connectivity index (χ1n) is 3.35. The van der Waals surface area contributed by atoms with Crippen molar-refractivity contribution in [3.63, 3.8) is 0 Å². The molecular weight excluding hydrogens is 241 g/mol. The standard InChI is InChI=1S/C8H10BrNO.ClH/c1-2-3-6(10)7-4-5-8(9)11-7;/h2,4-6H,1,3,10H2;1H/t6-;/m1./s1. The van der Waals surface area contributed by atoms with Crippen LogP contribution >= 0.6 is 28.3 Å². The van der Waals surface area contributed by atoms with Gasteiger partial charge in [0.2, 0.25) is 0 Å². The lowest BCUT2D eigenvalue weighted by molar-refractivity contribution is 0.450. The Morgan fingerprint density at radius 1 is 1.67 bits per heavy atom. The molecule has 0 aromatic carbocycles. The smallest absolute Gasteiger partial charge is 0.169 e. The average Bonchev–Trinajstić information content (AvgIpc) is 2.36. The molecule has 0 aliphatic heterocycles. The van der Waals surface area contributed by atoms with Gasteiger partial charge in [0.15, 0.2) is 4.67 Å². The first-order valence-corrected chi connectivity index (χ1v) is 4.15. The number of rotatable bonds is 3. The van der Waals surface area contributed by atoms with Gasteiger partial charge in [-0.25, -0.2) is 0 Å². The van der Waals surface area contributed by atoms with Crippen molar-refractivity contribution >= 4 is 28.3 Å². The van der Waals surface area contributed by atoms with E-state index in [1.807, 2.05) is 12.1 Å². The summed E-state index contributed by atoms with van der Waals surface area (Å²) in [5.74, 6) is 0.789. The largest absolute Gasteiger partial charge is 0.453 e. The second-order valence-electron chi connectivity index (χ2n) is 2.27. The first kappa shape index (κ1) is 11.8. The lowest BCUT2D eigenvalue weighted by Gasteiger charge is -2.03. The zero-order valence-corrected chi connectivity index (χ0v) is 8.90. The van der Waals surface area contributed by atoms with E-state index in [1.54, 1.807) is 6.08 Å². The predicted molar refractivity (Wildman–Crippen MR) is 55.4 cm³/mol. The fourth-order valence-corrected chi connectivity index (χ4v) is 1.14. The maximum Gasteiger partial charge on any atom is 0.169 e. The maximum absolute atomic E-state index is 5.73. The Hall–Kier alpha value is -0.250. The van der Waals surface area contributed by atoms with Gasteiger partial charge >= 0.3 is 0 Å². The van der Waals surface area contributed by atoms with E-state index in [2.05, 4.69) is 22.5 Å². The summed E-state index contributed by atoms with van der Waals surface area (Å²) in [7, 11) is 0. The van der Waals surface area contributed by atoms with E-state index in [0.717, 1.165) is 12.2 Å². The molecule has 0 aliphatic rings. The number of hydrogen-bond donors (Lipinski definition) is 1. The van der Waals surface area contributed by atoms with E-state index >= 15 is 0 Å². The summed E-state index contributed by atoms with van der Waals surface area (Å²) in [4.78, 5) is 0. The van der Waals surface area contributed by atoms with E-state index < -0.39 is 0 Å². The zero-order chi connectivity index (χ0) is 8.27. The summed E-state index contributed by atoms with van der Waals surface area (Å²) < 4.78 is 5.96. The highest BCUT2D eigenvalue weighted by Crippen LogP contribution is 2.20. The van der Waals surface area contributed by atoms with Crippen LogP contribution in [-0.4, -0.2) is 0 Å². The second kappa shape index (κ2) is 5.41. The van der Waals surface area contributed by atoms with Gasteiger partial charge in [0.05, 0.1) is 6.04 Å². The average molecular weight is 253 g/mol. The Labute approximate surface area is 86.4 Å². The fraction of sp³-hybridized carbons (Fsp3) is 0.250. The third kappa shape index (κ3) is 3.01. The van der Waals surface area contributed by atoms with Gasteiger partial charge in [-0.3, -0.25) is 0 Å². The molecule has 0 aliphatic carbocycles. The van der Waals surface area contributed by atoms with Gasteiger partial charge in [0, 0.05) is 0 Å². The highest BCUT2D eigenvalue weighted by atomic mass is 79.9. The van der Waals surface area contributed by atoms with Crippen LogP contribution in [0.4, 0.5) is 0 Å². The van der Waals surface area contributed by atoms with Crippen LogP contribution < -0.4 is 5.73 Å². The van der Waals surface area contributed by atoms with E-state index in [4.69, 9.17) is 10.2 Å². The highest BCUT2D eigenvalue weighted by molar-refractivity contribution is 9.10. The van der Waals surface area contributed by atoms with Crippen LogP contribution in [-0.2, 0) is 0 Å². The lowest BCUT2D eigenvalue weighted by Crippen LogP contribution is -2.07. The summed E-state index contributed by atoms with van der Waals surface area (Å²) in [6, 6.07) is 3.62. The summed E-state index contributed by atoms with van der Waals surface area (Å²) >= 11 is 3.20. The van der Waals surface area contributed by atoms with Crippen molar-refractivity contribution in [2.75, 3.05) is 0 Å². The molecule has 2 nitrogen and oxygen atoms in total. The van der Waals surface area contributed by atoms with Crippen molar-refractivity contribution < 1.29 is 4.42 Å². The quantitative estimate of drug-likeness (QED) is 0.840. The highest BCUT2D eigenvalue weighted by Gasteiger charge is 2.07. The van der Waals surface area contributed by atoms with E-state index in [0.29, 0.717) is 4.67 Å². The molecule has 12 heavy (non-hydrogen) atoms. The van der Waals surface area contributed by atoms with Crippen LogP contribution in [0.2, 0.25) is 0 Å². The van der Waals surface area contributed by atoms with Crippen LogP contribution in [0.25, 0.3) is 0 Å². The van der Waals surface area contributed by atoms with E-state index in [-0.39, 0.29) is 18.4 Å². The Bertz CT molecular complexity index is 249. The molecule has 0 fully saturated rings. The Balaban J connectivity index is 0.00000121. The van der Waals surface area contributed by atoms with Crippen LogP contribution in [0.15, 0.2) is 33.9 Å². The van der Waals surface area contributed by atoms with Gasteiger partial charge in [0.1, 0.15) is 5.76 Å². The Morgan fingerprint density at radius 3 is 2.75 bits per heavy atom. The summed E-state index contributed by atoms with van der Waals surface area (Å²) in [5, 5.41) is 0. The van der Waals surface area contributed by atoms with Crippen molar-refractivity contribution in [1.82, 2.24) is 0 Å². The van der Waals surface area contributed by atoms with Crippen molar-refractivity contribution in [1.29, 1.82) is 0 Å². The minimum Gasteiger partial charge on any atom is -0.453 e. The zero-order valence-electron chi connectivity index (χ0n) is 6.50. The summed E-state index contributed by atoms with van der Waals surface area (Å²) in [5.41, 5.74) is 5.73. The molecule has 1 atom stereocenters. The molecule has 0 amide bonds. The van der Waals surface area contributed by atoms with Gasteiger partial charge in [-0.1, -0.05) is 6.08 Å². The third-order valence-electron chi connectivity index (χ3n) is 1.38. The molecule has 1 rings (SSSR count). The molecule has 0 radical (unpaired) electrons. The molecule has 0 bridgehead atoms. The molecule has 0 saturated heterocycles. The first-order chi connectivity index (χ1) is 5.24. The van der Waals surface area contributed by atoms with Gasteiger partial charge in [-0.2, -0.15) is 0 Å². The van der Waals surface area contributed by atoms with Gasteiger partial charge in [-0.15, -0.1) is 19.0 Å². The molecule has 68 valence electrons. The summed E-state index contributed by atoms with van der Waals surface area (Å²) in [6.07, 6.45) is 2.51. The Kier molecular flexibility index (Phi) is 5.29. The van der Waals surface area contributed by atoms with Crippen LogP contribution in [0, 0.1) is 0 Å². The lowest BCUT2D eigenvalue weighted by atomic mass is 10.2. The Morgan fingerprint density at radius 2 is 2.33 bits per heavy atom. The molecule has 1 aromatic heterocycles. The topological polar surface area (TPSA) is 39.2 Å². The van der Waals surface area contributed by atoms with Gasteiger partial charge < -0.3 is 10.2 Å². The number of furan rings is 1. The molecule has 1 aromatic rings. The molecule has 0 spiro atoms. The fourth-order valence-electron chi connectivity index (χ4n) is 0.823.